The second-order valence-corrected chi connectivity index (χ2v) is 5.28. The number of pyridine rings is 1. The molecular weight excluding hydrogens is 283 g/mol. The molecule has 3 rings (SSSR count). The van der Waals surface area contributed by atoms with Crippen LogP contribution in [0.5, 0.6) is 0 Å². The third kappa shape index (κ3) is 3.06. The van der Waals surface area contributed by atoms with Gasteiger partial charge in [-0.25, -0.2) is 0 Å². The molecule has 0 bridgehead atoms. The Balaban J connectivity index is 1.77. The molecular formula is C14H14F3N3O. The summed E-state index contributed by atoms with van der Waals surface area (Å²) in [5, 5.41) is 7.85. The largest absolute Gasteiger partial charge is 0.420 e. The summed E-state index contributed by atoms with van der Waals surface area (Å²) >= 11 is 0. The Morgan fingerprint density at radius 1 is 1.10 bits per heavy atom. The summed E-state index contributed by atoms with van der Waals surface area (Å²) in [6.07, 6.45) is 0.449. The fourth-order valence-electron chi connectivity index (χ4n) is 2.72. The average Bonchev–Trinajstić information content (AvgIpc) is 2.97. The Bertz CT molecular complexity index is 597. The molecule has 1 fully saturated rings. The molecule has 2 heterocycles. The molecule has 0 aliphatic heterocycles. The Morgan fingerprint density at radius 3 is 2.57 bits per heavy atom. The molecule has 1 aliphatic rings. The Kier molecular flexibility index (Phi) is 3.65. The van der Waals surface area contributed by atoms with Gasteiger partial charge in [-0.1, -0.05) is 6.42 Å². The summed E-state index contributed by atoms with van der Waals surface area (Å²) in [6, 6.07) is 3.44. The molecule has 7 heteroatoms. The highest BCUT2D eigenvalue weighted by Crippen LogP contribution is 2.43. The van der Waals surface area contributed by atoms with Gasteiger partial charge in [0.15, 0.2) is 0 Å². The van der Waals surface area contributed by atoms with Crippen LogP contribution >= 0.6 is 0 Å². The van der Waals surface area contributed by atoms with Crippen LogP contribution in [0.15, 0.2) is 28.9 Å². The molecule has 2 unspecified atom stereocenters. The van der Waals surface area contributed by atoms with E-state index in [-0.39, 0.29) is 18.8 Å². The molecule has 2 aromatic rings. The molecule has 1 aliphatic carbocycles. The maximum atomic E-state index is 12.8. The van der Waals surface area contributed by atoms with Crippen molar-refractivity contribution in [2.24, 2.45) is 5.92 Å². The molecule has 0 spiro atoms. The lowest BCUT2D eigenvalue weighted by atomic mass is 9.81. The lowest BCUT2D eigenvalue weighted by molar-refractivity contribution is -0.183. The Hall–Kier alpha value is -1.92. The van der Waals surface area contributed by atoms with Gasteiger partial charge in [0.1, 0.15) is 0 Å². The zero-order valence-electron chi connectivity index (χ0n) is 11.2. The average molecular weight is 297 g/mol. The van der Waals surface area contributed by atoms with Crippen molar-refractivity contribution in [3.8, 4) is 11.5 Å². The molecule has 0 saturated heterocycles. The fourth-order valence-corrected chi connectivity index (χ4v) is 2.72. The Morgan fingerprint density at radius 2 is 1.86 bits per heavy atom. The lowest BCUT2D eigenvalue weighted by Crippen LogP contribution is -2.28. The van der Waals surface area contributed by atoms with E-state index in [1.165, 1.54) is 0 Å². The van der Waals surface area contributed by atoms with Crippen molar-refractivity contribution in [1.82, 2.24) is 15.2 Å². The zero-order valence-corrected chi connectivity index (χ0v) is 11.2. The topological polar surface area (TPSA) is 51.8 Å². The van der Waals surface area contributed by atoms with Gasteiger partial charge < -0.3 is 4.42 Å². The summed E-state index contributed by atoms with van der Waals surface area (Å²) in [5.74, 6) is -0.960. The maximum Gasteiger partial charge on any atom is 0.391 e. The number of hydrogen-bond donors (Lipinski definition) is 0. The van der Waals surface area contributed by atoms with Crippen LogP contribution in [0.4, 0.5) is 13.2 Å². The normalized spacial score (nSPS) is 23.2. The van der Waals surface area contributed by atoms with E-state index in [1.807, 2.05) is 0 Å². The first-order valence-electron chi connectivity index (χ1n) is 6.84. The molecule has 21 heavy (non-hydrogen) atoms. The molecule has 0 aromatic carbocycles. The van der Waals surface area contributed by atoms with Gasteiger partial charge in [0.25, 0.3) is 0 Å². The van der Waals surface area contributed by atoms with Crippen LogP contribution in [0.25, 0.3) is 11.5 Å². The number of aromatic nitrogens is 3. The number of halogens is 3. The first kappa shape index (κ1) is 14.0. The predicted molar refractivity (Wildman–Crippen MR) is 68.3 cm³/mol. The van der Waals surface area contributed by atoms with Gasteiger partial charge in [-0.15, -0.1) is 10.2 Å². The van der Waals surface area contributed by atoms with Gasteiger partial charge in [-0.2, -0.15) is 13.2 Å². The van der Waals surface area contributed by atoms with Crippen LogP contribution in [0.2, 0.25) is 0 Å². The van der Waals surface area contributed by atoms with E-state index in [9.17, 15) is 13.2 Å². The van der Waals surface area contributed by atoms with E-state index in [1.54, 1.807) is 24.5 Å². The standard InChI is InChI=1S/C14H14F3N3O/c15-14(16,17)11-3-1-2-10(8-11)13-20-19-12(21-13)9-4-6-18-7-5-9/h4-7,10-11H,1-3,8H2. The SMILES string of the molecule is FC(F)(F)C1CCCC(c2nnc(-c3ccncc3)o2)C1. The molecule has 2 atom stereocenters. The maximum absolute atomic E-state index is 12.8. The molecule has 0 N–H and O–H groups in total. The van der Waals surface area contributed by atoms with E-state index in [4.69, 9.17) is 4.42 Å². The van der Waals surface area contributed by atoms with Crippen molar-refractivity contribution < 1.29 is 17.6 Å². The zero-order chi connectivity index (χ0) is 14.9. The smallest absolute Gasteiger partial charge is 0.391 e. The first-order chi connectivity index (χ1) is 10.0. The minimum Gasteiger partial charge on any atom is -0.420 e. The lowest BCUT2D eigenvalue weighted by Gasteiger charge is -2.28. The highest BCUT2D eigenvalue weighted by Gasteiger charge is 2.43. The van der Waals surface area contributed by atoms with Crippen molar-refractivity contribution in [3.05, 3.63) is 30.4 Å². The van der Waals surface area contributed by atoms with E-state index in [0.717, 1.165) is 0 Å². The second kappa shape index (κ2) is 5.46. The summed E-state index contributed by atoms with van der Waals surface area (Å²) < 4.78 is 44.0. The summed E-state index contributed by atoms with van der Waals surface area (Å²) in [4.78, 5) is 3.89. The fraction of sp³-hybridized carbons (Fsp3) is 0.500. The monoisotopic (exact) mass is 297 g/mol. The number of alkyl halides is 3. The first-order valence-corrected chi connectivity index (χ1v) is 6.84. The molecule has 112 valence electrons. The molecule has 2 aromatic heterocycles. The van der Waals surface area contributed by atoms with Crippen molar-refractivity contribution in [1.29, 1.82) is 0 Å². The highest BCUT2D eigenvalue weighted by atomic mass is 19.4. The summed E-state index contributed by atoms with van der Waals surface area (Å²) in [7, 11) is 0. The van der Waals surface area contributed by atoms with Crippen molar-refractivity contribution >= 4 is 0 Å². The third-order valence-corrected chi connectivity index (χ3v) is 3.85. The number of hydrogen-bond acceptors (Lipinski definition) is 4. The van der Waals surface area contributed by atoms with E-state index >= 15 is 0 Å². The minimum atomic E-state index is -4.15. The number of rotatable bonds is 2. The second-order valence-electron chi connectivity index (χ2n) is 5.28. The van der Waals surface area contributed by atoms with Gasteiger partial charge in [-0.05, 0) is 31.4 Å². The van der Waals surface area contributed by atoms with Gasteiger partial charge in [-0.3, -0.25) is 4.98 Å². The van der Waals surface area contributed by atoms with Gasteiger partial charge in [0.2, 0.25) is 11.8 Å². The van der Waals surface area contributed by atoms with Crippen molar-refractivity contribution in [2.45, 2.75) is 37.8 Å². The molecule has 1 saturated carbocycles. The summed E-state index contributed by atoms with van der Waals surface area (Å²) in [5.41, 5.74) is 0.715. The quantitative estimate of drug-likeness (QED) is 0.841. The van der Waals surface area contributed by atoms with Gasteiger partial charge >= 0.3 is 6.18 Å². The van der Waals surface area contributed by atoms with E-state index in [2.05, 4.69) is 15.2 Å². The van der Waals surface area contributed by atoms with Crippen LogP contribution in [-0.4, -0.2) is 21.4 Å². The third-order valence-electron chi connectivity index (χ3n) is 3.85. The highest BCUT2D eigenvalue weighted by molar-refractivity contribution is 5.50. The van der Waals surface area contributed by atoms with Crippen LogP contribution in [0.1, 0.15) is 37.5 Å². The Labute approximate surface area is 119 Å². The molecule has 0 radical (unpaired) electrons. The van der Waals surface area contributed by atoms with Crippen molar-refractivity contribution in [3.63, 3.8) is 0 Å². The van der Waals surface area contributed by atoms with Crippen LogP contribution in [0, 0.1) is 5.92 Å². The summed E-state index contributed by atoms with van der Waals surface area (Å²) in [6.45, 7) is 0. The molecule has 0 amide bonds. The minimum absolute atomic E-state index is 0.0292. The van der Waals surface area contributed by atoms with E-state index in [0.29, 0.717) is 30.2 Å². The molecule has 4 nitrogen and oxygen atoms in total. The van der Waals surface area contributed by atoms with E-state index < -0.39 is 12.1 Å². The van der Waals surface area contributed by atoms with Gasteiger partial charge in [0, 0.05) is 23.9 Å². The van der Waals surface area contributed by atoms with Crippen LogP contribution in [-0.2, 0) is 0 Å². The van der Waals surface area contributed by atoms with Gasteiger partial charge in [0.05, 0.1) is 5.92 Å². The van der Waals surface area contributed by atoms with Crippen LogP contribution < -0.4 is 0 Å². The van der Waals surface area contributed by atoms with Crippen LogP contribution in [0.3, 0.4) is 0 Å². The van der Waals surface area contributed by atoms with Crippen molar-refractivity contribution in [2.75, 3.05) is 0 Å². The number of nitrogens with zero attached hydrogens (tertiary/aromatic N) is 3. The predicted octanol–water partition coefficient (Wildman–Crippen LogP) is 3.97.